The summed E-state index contributed by atoms with van der Waals surface area (Å²) in [5.41, 5.74) is -0.494. The molecule has 0 radical (unpaired) electrons. The van der Waals surface area contributed by atoms with E-state index in [-0.39, 0.29) is 5.92 Å². The second-order valence-corrected chi connectivity index (χ2v) is 6.41. The van der Waals surface area contributed by atoms with E-state index in [0.29, 0.717) is 6.04 Å². The molecule has 3 heteroatoms. The minimum absolute atomic E-state index is 0.226. The molecule has 0 aromatic rings. The average Bonchev–Trinajstić information content (AvgIpc) is 2.83. The number of carbonyl (C=O) groups is 1. The summed E-state index contributed by atoms with van der Waals surface area (Å²) in [6.45, 7) is 8.14. The molecule has 0 bridgehead atoms. The minimum Gasteiger partial charge on any atom is -0.481 e. The molecule has 98 valence electrons. The highest BCUT2D eigenvalue weighted by Gasteiger charge is 2.48. The maximum absolute atomic E-state index is 11.6. The Hall–Kier alpha value is -0.570. The van der Waals surface area contributed by atoms with E-state index < -0.39 is 11.4 Å². The van der Waals surface area contributed by atoms with Crippen molar-refractivity contribution in [2.24, 2.45) is 17.3 Å². The number of aliphatic carboxylic acids is 1. The van der Waals surface area contributed by atoms with E-state index >= 15 is 0 Å². The number of carboxylic acids is 1. The first-order valence-electron chi connectivity index (χ1n) is 6.93. The van der Waals surface area contributed by atoms with Gasteiger partial charge < -0.3 is 5.11 Å². The molecule has 3 atom stereocenters. The highest BCUT2D eigenvalue weighted by Crippen LogP contribution is 2.41. The van der Waals surface area contributed by atoms with Crippen molar-refractivity contribution < 1.29 is 9.90 Å². The first-order valence-corrected chi connectivity index (χ1v) is 6.93. The van der Waals surface area contributed by atoms with Crippen molar-refractivity contribution in [2.75, 3.05) is 13.1 Å². The van der Waals surface area contributed by atoms with E-state index in [9.17, 15) is 9.90 Å². The van der Waals surface area contributed by atoms with Crippen molar-refractivity contribution in [3.05, 3.63) is 0 Å². The third kappa shape index (κ3) is 2.22. The summed E-state index contributed by atoms with van der Waals surface area (Å²) in [6, 6.07) is 0.643. The summed E-state index contributed by atoms with van der Waals surface area (Å²) in [5, 5.41) is 9.52. The Labute approximate surface area is 104 Å². The molecule has 2 fully saturated rings. The Morgan fingerprint density at radius 3 is 2.53 bits per heavy atom. The zero-order valence-electron chi connectivity index (χ0n) is 11.3. The average molecular weight is 239 g/mol. The van der Waals surface area contributed by atoms with E-state index in [2.05, 4.69) is 25.7 Å². The van der Waals surface area contributed by atoms with Crippen LogP contribution < -0.4 is 0 Å². The van der Waals surface area contributed by atoms with Crippen LogP contribution in [0, 0.1) is 17.3 Å². The van der Waals surface area contributed by atoms with Gasteiger partial charge in [0.2, 0.25) is 0 Å². The molecule has 0 aromatic heterocycles. The van der Waals surface area contributed by atoms with Gasteiger partial charge >= 0.3 is 5.97 Å². The Kier molecular flexibility index (Phi) is 3.48. The molecule has 1 saturated carbocycles. The molecule has 2 aliphatic rings. The Morgan fingerprint density at radius 1 is 1.41 bits per heavy atom. The fourth-order valence-electron chi connectivity index (χ4n) is 3.58. The van der Waals surface area contributed by atoms with Gasteiger partial charge in [0.1, 0.15) is 0 Å². The molecule has 1 N–H and O–H groups in total. The van der Waals surface area contributed by atoms with Gasteiger partial charge in [-0.05, 0) is 44.1 Å². The van der Waals surface area contributed by atoms with E-state index in [0.717, 1.165) is 25.4 Å². The quantitative estimate of drug-likeness (QED) is 0.823. The van der Waals surface area contributed by atoms with Crippen molar-refractivity contribution in [3.63, 3.8) is 0 Å². The molecule has 3 unspecified atom stereocenters. The summed E-state index contributed by atoms with van der Waals surface area (Å²) in [4.78, 5) is 14.0. The molecular weight excluding hydrogens is 214 g/mol. The standard InChI is InChI=1S/C14H25NO2/c1-10(2)14(13(16)17)6-7-15(9-14)12-5-4-11(3)8-12/h10-12H,4-9H2,1-3H3,(H,16,17). The van der Waals surface area contributed by atoms with Crippen molar-refractivity contribution in [1.29, 1.82) is 0 Å². The van der Waals surface area contributed by atoms with Gasteiger partial charge in [-0.3, -0.25) is 9.69 Å². The van der Waals surface area contributed by atoms with Crippen LogP contribution in [-0.4, -0.2) is 35.1 Å². The van der Waals surface area contributed by atoms with Gasteiger partial charge in [-0.2, -0.15) is 0 Å². The lowest BCUT2D eigenvalue weighted by Gasteiger charge is -2.30. The topological polar surface area (TPSA) is 40.5 Å². The van der Waals surface area contributed by atoms with E-state index in [1.165, 1.54) is 19.3 Å². The number of carboxylic acid groups (broad SMARTS) is 1. The third-order valence-corrected chi connectivity index (χ3v) is 5.04. The van der Waals surface area contributed by atoms with E-state index in [1.807, 2.05) is 0 Å². The van der Waals surface area contributed by atoms with Crippen LogP contribution >= 0.6 is 0 Å². The highest BCUT2D eigenvalue weighted by atomic mass is 16.4. The van der Waals surface area contributed by atoms with Gasteiger partial charge in [-0.25, -0.2) is 0 Å². The zero-order chi connectivity index (χ0) is 12.6. The normalized spacial score (nSPS) is 39.1. The van der Waals surface area contributed by atoms with Crippen LogP contribution in [0.4, 0.5) is 0 Å². The Morgan fingerprint density at radius 2 is 2.12 bits per heavy atom. The number of nitrogens with zero attached hydrogens (tertiary/aromatic N) is 1. The van der Waals surface area contributed by atoms with Crippen molar-refractivity contribution >= 4 is 5.97 Å². The number of rotatable bonds is 3. The first-order chi connectivity index (χ1) is 7.95. The van der Waals surface area contributed by atoms with Crippen LogP contribution in [0.5, 0.6) is 0 Å². The second-order valence-electron chi connectivity index (χ2n) is 6.41. The smallest absolute Gasteiger partial charge is 0.311 e. The summed E-state index contributed by atoms with van der Waals surface area (Å²) in [7, 11) is 0. The lowest BCUT2D eigenvalue weighted by atomic mass is 9.76. The third-order valence-electron chi connectivity index (χ3n) is 5.04. The summed E-state index contributed by atoms with van der Waals surface area (Å²) in [6.07, 6.45) is 4.65. The van der Waals surface area contributed by atoms with Gasteiger partial charge in [-0.15, -0.1) is 0 Å². The molecule has 1 heterocycles. The Balaban J connectivity index is 2.05. The van der Waals surface area contributed by atoms with Gasteiger partial charge in [-0.1, -0.05) is 20.8 Å². The molecule has 1 aliphatic carbocycles. The predicted molar refractivity (Wildman–Crippen MR) is 67.9 cm³/mol. The minimum atomic E-state index is -0.596. The van der Waals surface area contributed by atoms with E-state index in [1.54, 1.807) is 0 Å². The van der Waals surface area contributed by atoms with Gasteiger partial charge in [0.15, 0.2) is 0 Å². The summed E-state index contributed by atoms with van der Waals surface area (Å²) >= 11 is 0. The lowest BCUT2D eigenvalue weighted by Crippen LogP contribution is -2.41. The van der Waals surface area contributed by atoms with Gasteiger partial charge in [0.25, 0.3) is 0 Å². The van der Waals surface area contributed by atoms with Crippen molar-refractivity contribution in [1.82, 2.24) is 4.90 Å². The van der Waals surface area contributed by atoms with Gasteiger partial charge in [0, 0.05) is 12.6 Å². The van der Waals surface area contributed by atoms with Crippen molar-refractivity contribution in [3.8, 4) is 0 Å². The number of likely N-dealkylation sites (tertiary alicyclic amines) is 1. The van der Waals surface area contributed by atoms with Crippen molar-refractivity contribution in [2.45, 2.75) is 52.5 Å². The van der Waals surface area contributed by atoms with Crippen LogP contribution in [-0.2, 0) is 4.79 Å². The molecule has 0 amide bonds. The SMILES string of the molecule is CC1CCC(N2CCC(C(=O)O)(C(C)C)C2)C1. The molecule has 1 saturated heterocycles. The highest BCUT2D eigenvalue weighted by molar-refractivity contribution is 5.75. The monoisotopic (exact) mass is 239 g/mol. The fourth-order valence-corrected chi connectivity index (χ4v) is 3.58. The lowest BCUT2D eigenvalue weighted by molar-refractivity contribution is -0.151. The largest absolute Gasteiger partial charge is 0.481 e. The van der Waals surface area contributed by atoms with Crippen LogP contribution in [0.25, 0.3) is 0 Å². The summed E-state index contributed by atoms with van der Waals surface area (Å²) < 4.78 is 0. The molecule has 0 spiro atoms. The molecule has 3 nitrogen and oxygen atoms in total. The van der Waals surface area contributed by atoms with Crippen LogP contribution in [0.15, 0.2) is 0 Å². The summed E-state index contributed by atoms with van der Waals surface area (Å²) in [5.74, 6) is 0.448. The molecule has 0 aromatic carbocycles. The fraction of sp³-hybridized carbons (Fsp3) is 0.929. The van der Waals surface area contributed by atoms with Crippen LogP contribution in [0.1, 0.15) is 46.5 Å². The van der Waals surface area contributed by atoms with E-state index in [4.69, 9.17) is 0 Å². The zero-order valence-corrected chi connectivity index (χ0v) is 11.3. The van der Waals surface area contributed by atoms with Gasteiger partial charge in [0.05, 0.1) is 5.41 Å². The Bertz CT molecular complexity index is 303. The predicted octanol–water partition coefficient (Wildman–Crippen LogP) is 2.61. The van der Waals surface area contributed by atoms with Crippen LogP contribution in [0.2, 0.25) is 0 Å². The number of hydrogen-bond acceptors (Lipinski definition) is 2. The molecule has 1 aliphatic heterocycles. The molecule has 17 heavy (non-hydrogen) atoms. The maximum atomic E-state index is 11.6. The molecule has 2 rings (SSSR count). The van der Waals surface area contributed by atoms with Crippen LogP contribution in [0.3, 0.4) is 0 Å². The molecular formula is C14H25NO2. The number of hydrogen-bond donors (Lipinski definition) is 1. The first kappa shape index (κ1) is 12.9. The maximum Gasteiger partial charge on any atom is 0.311 e. The second kappa shape index (κ2) is 4.60.